The molecule has 7 heteroatoms. The second-order valence-electron chi connectivity index (χ2n) is 4.46. The molecule has 21 heavy (non-hydrogen) atoms. The van der Waals surface area contributed by atoms with Gasteiger partial charge in [0.25, 0.3) is 5.69 Å². The van der Waals surface area contributed by atoms with Gasteiger partial charge in [0, 0.05) is 17.1 Å². The van der Waals surface area contributed by atoms with Crippen LogP contribution in [0.4, 0.5) is 11.4 Å². The molecule has 0 bridgehead atoms. The minimum atomic E-state index is -0.458. The quantitative estimate of drug-likeness (QED) is 0.569. The number of anilines is 1. The first-order valence-corrected chi connectivity index (χ1v) is 7.17. The molecule has 4 nitrogen and oxygen atoms in total. The lowest BCUT2D eigenvalue weighted by Crippen LogP contribution is -2.08. The molecule has 0 aromatic heterocycles. The lowest BCUT2D eigenvalue weighted by Gasteiger charge is -2.16. The van der Waals surface area contributed by atoms with Crippen molar-refractivity contribution in [3.05, 3.63) is 67.1 Å². The van der Waals surface area contributed by atoms with Crippen LogP contribution in [0, 0.1) is 10.1 Å². The van der Waals surface area contributed by atoms with Gasteiger partial charge in [0.1, 0.15) is 5.69 Å². The van der Waals surface area contributed by atoms with Gasteiger partial charge in [-0.05, 0) is 36.8 Å². The summed E-state index contributed by atoms with van der Waals surface area (Å²) in [5, 5.41) is 15.4. The molecule has 0 fully saturated rings. The van der Waals surface area contributed by atoms with Crippen LogP contribution in [0.25, 0.3) is 0 Å². The summed E-state index contributed by atoms with van der Waals surface area (Å²) < 4.78 is 0. The first-order valence-electron chi connectivity index (χ1n) is 6.04. The van der Waals surface area contributed by atoms with Crippen molar-refractivity contribution in [1.82, 2.24) is 0 Å². The van der Waals surface area contributed by atoms with Crippen molar-refractivity contribution in [3.8, 4) is 0 Å². The zero-order valence-corrected chi connectivity index (χ0v) is 13.2. The topological polar surface area (TPSA) is 55.2 Å². The van der Waals surface area contributed by atoms with Crippen LogP contribution in [0.5, 0.6) is 0 Å². The molecule has 0 amide bonds. The summed E-state index contributed by atoms with van der Waals surface area (Å²) in [6.07, 6.45) is 0. The standard InChI is InChI=1S/C14H11Cl3N2O2/c1-8(9-2-4-11(16)12(17)6-9)18-13-7-10(15)3-5-14(13)19(20)21/h2-8,18H,1H3. The molecule has 0 aliphatic carbocycles. The lowest BCUT2D eigenvalue weighted by atomic mass is 10.1. The zero-order chi connectivity index (χ0) is 15.6. The third-order valence-electron chi connectivity index (χ3n) is 2.97. The molecule has 0 saturated heterocycles. The van der Waals surface area contributed by atoms with Crippen LogP contribution in [-0.4, -0.2) is 4.92 Å². The SMILES string of the molecule is CC(Nc1cc(Cl)ccc1[N+](=O)[O-])c1ccc(Cl)c(Cl)c1. The molecule has 1 N–H and O–H groups in total. The largest absolute Gasteiger partial charge is 0.373 e. The first kappa shape index (κ1) is 15.9. The van der Waals surface area contributed by atoms with Crippen molar-refractivity contribution in [2.75, 3.05) is 5.32 Å². The minimum absolute atomic E-state index is 0.0358. The number of nitrogens with one attached hydrogen (secondary N) is 1. The summed E-state index contributed by atoms with van der Waals surface area (Å²) in [6.45, 7) is 1.87. The van der Waals surface area contributed by atoms with Crippen LogP contribution < -0.4 is 5.32 Å². The molecule has 110 valence electrons. The third-order valence-corrected chi connectivity index (χ3v) is 3.95. The van der Waals surface area contributed by atoms with Gasteiger partial charge in [0.15, 0.2) is 0 Å². The van der Waals surface area contributed by atoms with Crippen molar-refractivity contribution in [2.24, 2.45) is 0 Å². The molecule has 0 aliphatic heterocycles. The smallest absolute Gasteiger partial charge is 0.292 e. The molecular weight excluding hydrogens is 335 g/mol. The zero-order valence-electron chi connectivity index (χ0n) is 10.9. The Bertz CT molecular complexity index is 692. The molecule has 2 rings (SSSR count). The average molecular weight is 346 g/mol. The van der Waals surface area contributed by atoms with E-state index in [1.54, 1.807) is 12.1 Å². The summed E-state index contributed by atoms with van der Waals surface area (Å²) in [5.74, 6) is 0. The Labute approximate surface area is 136 Å². The molecular formula is C14H11Cl3N2O2. The molecule has 0 saturated carbocycles. The second kappa shape index (κ2) is 6.52. The highest BCUT2D eigenvalue weighted by Gasteiger charge is 2.17. The summed E-state index contributed by atoms with van der Waals surface area (Å²) in [6, 6.07) is 9.38. The Morgan fingerprint density at radius 1 is 1.10 bits per heavy atom. The number of hydrogen-bond donors (Lipinski definition) is 1. The van der Waals surface area contributed by atoms with Gasteiger partial charge in [-0.25, -0.2) is 0 Å². The number of hydrogen-bond acceptors (Lipinski definition) is 3. The maximum atomic E-state index is 11.0. The third kappa shape index (κ3) is 3.79. The van der Waals surface area contributed by atoms with E-state index in [4.69, 9.17) is 34.8 Å². The van der Waals surface area contributed by atoms with Gasteiger partial charge in [0.05, 0.1) is 15.0 Å². The van der Waals surface area contributed by atoms with Gasteiger partial charge in [-0.3, -0.25) is 10.1 Å². The van der Waals surface area contributed by atoms with Crippen LogP contribution in [0.3, 0.4) is 0 Å². The Kier molecular flexibility index (Phi) is 4.93. The minimum Gasteiger partial charge on any atom is -0.373 e. The molecule has 2 aromatic carbocycles. The van der Waals surface area contributed by atoms with Gasteiger partial charge in [0.2, 0.25) is 0 Å². The number of nitro benzene ring substituents is 1. The molecule has 0 heterocycles. The van der Waals surface area contributed by atoms with Crippen molar-refractivity contribution >= 4 is 46.2 Å². The van der Waals surface area contributed by atoms with E-state index in [0.29, 0.717) is 20.8 Å². The van der Waals surface area contributed by atoms with Crippen LogP contribution in [0.1, 0.15) is 18.5 Å². The average Bonchev–Trinajstić information content (AvgIpc) is 2.41. The fraction of sp³-hybridized carbons (Fsp3) is 0.143. The van der Waals surface area contributed by atoms with Gasteiger partial charge >= 0.3 is 0 Å². The Balaban J connectivity index is 2.30. The fourth-order valence-electron chi connectivity index (χ4n) is 1.88. The Hall–Kier alpha value is -1.49. The van der Waals surface area contributed by atoms with E-state index in [9.17, 15) is 10.1 Å². The van der Waals surface area contributed by atoms with E-state index in [1.807, 2.05) is 13.0 Å². The second-order valence-corrected chi connectivity index (χ2v) is 5.71. The van der Waals surface area contributed by atoms with E-state index >= 15 is 0 Å². The maximum absolute atomic E-state index is 11.0. The summed E-state index contributed by atoms with van der Waals surface area (Å²) in [7, 11) is 0. The van der Waals surface area contributed by atoms with E-state index < -0.39 is 4.92 Å². The normalized spacial score (nSPS) is 12.0. The van der Waals surface area contributed by atoms with Crippen molar-refractivity contribution < 1.29 is 4.92 Å². The number of nitro groups is 1. The van der Waals surface area contributed by atoms with E-state index in [0.717, 1.165) is 5.56 Å². The summed E-state index contributed by atoms with van der Waals surface area (Å²) >= 11 is 17.7. The van der Waals surface area contributed by atoms with E-state index in [2.05, 4.69) is 5.32 Å². The molecule has 1 atom stereocenters. The van der Waals surface area contributed by atoms with Gasteiger partial charge < -0.3 is 5.32 Å². The van der Waals surface area contributed by atoms with Crippen molar-refractivity contribution in [3.63, 3.8) is 0 Å². The summed E-state index contributed by atoms with van der Waals surface area (Å²) in [4.78, 5) is 10.6. The van der Waals surface area contributed by atoms with Crippen LogP contribution in [0.15, 0.2) is 36.4 Å². The van der Waals surface area contributed by atoms with E-state index in [1.165, 1.54) is 18.2 Å². The van der Waals surface area contributed by atoms with Gasteiger partial charge in [-0.1, -0.05) is 40.9 Å². The Morgan fingerprint density at radius 3 is 2.43 bits per heavy atom. The number of halogens is 3. The lowest BCUT2D eigenvalue weighted by molar-refractivity contribution is -0.384. The predicted molar refractivity (Wildman–Crippen MR) is 86.6 cm³/mol. The molecule has 2 aromatic rings. The number of rotatable bonds is 4. The van der Waals surface area contributed by atoms with Gasteiger partial charge in [-0.15, -0.1) is 0 Å². The first-order chi connectivity index (χ1) is 9.88. The maximum Gasteiger partial charge on any atom is 0.292 e. The van der Waals surface area contributed by atoms with Gasteiger partial charge in [-0.2, -0.15) is 0 Å². The van der Waals surface area contributed by atoms with Crippen molar-refractivity contribution in [2.45, 2.75) is 13.0 Å². The molecule has 0 radical (unpaired) electrons. The highest BCUT2D eigenvalue weighted by molar-refractivity contribution is 6.42. The summed E-state index contributed by atoms with van der Waals surface area (Å²) in [5.41, 5.74) is 1.18. The number of nitrogens with zero attached hydrogens (tertiary/aromatic N) is 1. The van der Waals surface area contributed by atoms with E-state index in [-0.39, 0.29) is 11.7 Å². The van der Waals surface area contributed by atoms with Crippen molar-refractivity contribution in [1.29, 1.82) is 0 Å². The fourth-order valence-corrected chi connectivity index (χ4v) is 2.36. The highest BCUT2D eigenvalue weighted by atomic mass is 35.5. The molecule has 0 aliphatic rings. The monoisotopic (exact) mass is 344 g/mol. The Morgan fingerprint density at radius 2 is 1.81 bits per heavy atom. The van der Waals surface area contributed by atoms with Crippen LogP contribution in [-0.2, 0) is 0 Å². The van der Waals surface area contributed by atoms with Crippen LogP contribution in [0.2, 0.25) is 15.1 Å². The predicted octanol–water partition coefficient (Wildman–Crippen LogP) is 5.73. The van der Waals surface area contributed by atoms with Crippen LogP contribution >= 0.6 is 34.8 Å². The highest BCUT2D eigenvalue weighted by Crippen LogP contribution is 2.32. The molecule has 1 unspecified atom stereocenters. The molecule has 0 spiro atoms. The number of benzene rings is 2.